The smallest absolute Gasteiger partial charge is 0.324 e. The van der Waals surface area contributed by atoms with Gasteiger partial charge in [0.05, 0.1) is 17.3 Å². The molecule has 24 heavy (non-hydrogen) atoms. The van der Waals surface area contributed by atoms with Crippen LogP contribution in [0.3, 0.4) is 0 Å². The average molecular weight is 375 g/mol. The lowest BCUT2D eigenvalue weighted by Gasteiger charge is -2.20. The van der Waals surface area contributed by atoms with E-state index >= 15 is 0 Å². The third kappa shape index (κ3) is 4.85. The Labute approximate surface area is 145 Å². The van der Waals surface area contributed by atoms with Crippen LogP contribution in [0.2, 0.25) is 5.02 Å². The standard InChI is InChI=1S/C15H19ClN2O5S/c1-10(23-13-6-4-3-5-11(13)16)9-18-14(19)12(17-15(18)20)7-8-24(2,21)22/h3-6,10,12H,7-9H2,1-2H3,(H,17,20)/t10-,12-/m1/s1. The van der Waals surface area contributed by atoms with Crippen molar-refractivity contribution in [3.8, 4) is 5.75 Å². The van der Waals surface area contributed by atoms with Gasteiger partial charge in [0.2, 0.25) is 0 Å². The quantitative estimate of drug-likeness (QED) is 0.729. The van der Waals surface area contributed by atoms with Crippen LogP contribution < -0.4 is 10.1 Å². The van der Waals surface area contributed by atoms with Gasteiger partial charge in [-0.05, 0) is 25.5 Å². The summed E-state index contributed by atoms with van der Waals surface area (Å²) in [6.45, 7) is 1.76. The number of amides is 3. The lowest BCUT2D eigenvalue weighted by atomic mass is 10.2. The first kappa shape index (κ1) is 18.5. The summed E-state index contributed by atoms with van der Waals surface area (Å²) in [7, 11) is -3.20. The molecule has 3 amide bonds. The maximum atomic E-state index is 12.3. The molecule has 0 aromatic heterocycles. The Morgan fingerprint density at radius 1 is 1.33 bits per heavy atom. The van der Waals surface area contributed by atoms with Crippen molar-refractivity contribution in [2.24, 2.45) is 0 Å². The summed E-state index contributed by atoms with van der Waals surface area (Å²) in [6, 6.07) is 5.54. The summed E-state index contributed by atoms with van der Waals surface area (Å²) in [5.41, 5.74) is 0. The number of nitrogens with zero attached hydrogens (tertiary/aromatic N) is 1. The molecule has 9 heteroatoms. The van der Waals surface area contributed by atoms with Crippen LogP contribution in [0, 0.1) is 0 Å². The van der Waals surface area contributed by atoms with E-state index in [2.05, 4.69) is 5.32 Å². The average Bonchev–Trinajstić information content (AvgIpc) is 2.74. The topological polar surface area (TPSA) is 92.8 Å². The lowest BCUT2D eigenvalue weighted by Crippen LogP contribution is -2.39. The summed E-state index contributed by atoms with van der Waals surface area (Å²) < 4.78 is 28.1. The molecule has 0 radical (unpaired) electrons. The van der Waals surface area contributed by atoms with Gasteiger partial charge in [0.1, 0.15) is 27.7 Å². The van der Waals surface area contributed by atoms with Crippen LogP contribution >= 0.6 is 11.6 Å². The van der Waals surface area contributed by atoms with Crippen molar-refractivity contribution in [2.45, 2.75) is 25.5 Å². The second-order valence-electron chi connectivity index (χ2n) is 5.73. The van der Waals surface area contributed by atoms with E-state index in [-0.39, 0.29) is 18.7 Å². The predicted molar refractivity (Wildman–Crippen MR) is 89.9 cm³/mol. The molecule has 0 aliphatic carbocycles. The molecule has 1 N–H and O–H groups in total. The maximum Gasteiger partial charge on any atom is 0.324 e. The second-order valence-corrected chi connectivity index (χ2v) is 8.40. The molecule has 7 nitrogen and oxygen atoms in total. The van der Waals surface area contributed by atoms with Crippen molar-refractivity contribution in [2.75, 3.05) is 18.6 Å². The van der Waals surface area contributed by atoms with E-state index in [1.807, 2.05) is 0 Å². The number of benzene rings is 1. The van der Waals surface area contributed by atoms with Crippen molar-refractivity contribution in [1.82, 2.24) is 10.2 Å². The second kappa shape index (κ2) is 7.40. The first-order valence-electron chi connectivity index (χ1n) is 7.38. The van der Waals surface area contributed by atoms with Crippen molar-refractivity contribution >= 4 is 33.4 Å². The number of nitrogens with one attached hydrogen (secondary N) is 1. The van der Waals surface area contributed by atoms with E-state index in [9.17, 15) is 18.0 Å². The third-order valence-electron chi connectivity index (χ3n) is 3.49. The lowest BCUT2D eigenvalue weighted by molar-refractivity contribution is -0.128. The molecule has 2 atom stereocenters. The zero-order chi connectivity index (χ0) is 17.9. The molecule has 1 fully saturated rings. The highest BCUT2D eigenvalue weighted by Gasteiger charge is 2.38. The summed E-state index contributed by atoms with van der Waals surface area (Å²) in [5.74, 6) is -0.144. The summed E-state index contributed by atoms with van der Waals surface area (Å²) in [4.78, 5) is 25.2. The number of hydrogen-bond donors (Lipinski definition) is 1. The van der Waals surface area contributed by atoms with Gasteiger partial charge in [-0.15, -0.1) is 0 Å². The molecule has 0 bridgehead atoms. The highest BCUT2D eigenvalue weighted by Crippen LogP contribution is 2.24. The fraction of sp³-hybridized carbons (Fsp3) is 0.467. The minimum Gasteiger partial charge on any atom is -0.487 e. The van der Waals surface area contributed by atoms with Gasteiger partial charge in [-0.3, -0.25) is 9.69 Å². The van der Waals surface area contributed by atoms with E-state index in [0.717, 1.165) is 11.2 Å². The first-order valence-corrected chi connectivity index (χ1v) is 9.82. The minimum absolute atomic E-state index is 0.0469. The van der Waals surface area contributed by atoms with Gasteiger partial charge >= 0.3 is 6.03 Å². The van der Waals surface area contributed by atoms with E-state index in [1.165, 1.54) is 0 Å². The Balaban J connectivity index is 1.95. The van der Waals surface area contributed by atoms with Crippen molar-refractivity contribution in [1.29, 1.82) is 0 Å². The molecule has 1 aliphatic rings. The van der Waals surface area contributed by atoms with Crippen LogP contribution in [0.1, 0.15) is 13.3 Å². The molecule has 132 valence electrons. The third-order valence-corrected chi connectivity index (χ3v) is 4.78. The van der Waals surface area contributed by atoms with E-state index < -0.39 is 33.9 Å². The number of ether oxygens (including phenoxy) is 1. The largest absolute Gasteiger partial charge is 0.487 e. The number of rotatable bonds is 7. The van der Waals surface area contributed by atoms with E-state index in [1.54, 1.807) is 31.2 Å². The van der Waals surface area contributed by atoms with Crippen LogP contribution in [-0.2, 0) is 14.6 Å². The number of urea groups is 1. The predicted octanol–water partition coefficient (Wildman–Crippen LogP) is 1.46. The molecule has 0 unspecified atom stereocenters. The fourth-order valence-corrected chi connectivity index (χ4v) is 3.17. The molecule has 2 rings (SSSR count). The summed E-state index contributed by atoms with van der Waals surface area (Å²) >= 11 is 6.01. The minimum atomic E-state index is -3.20. The Kier molecular flexibility index (Phi) is 5.71. The fourth-order valence-electron chi connectivity index (χ4n) is 2.33. The van der Waals surface area contributed by atoms with Gasteiger partial charge in [0.25, 0.3) is 5.91 Å². The van der Waals surface area contributed by atoms with Crippen LogP contribution in [0.25, 0.3) is 0 Å². The van der Waals surface area contributed by atoms with Crippen molar-refractivity contribution in [3.63, 3.8) is 0 Å². The van der Waals surface area contributed by atoms with Gasteiger partial charge in [-0.1, -0.05) is 23.7 Å². The van der Waals surface area contributed by atoms with Gasteiger partial charge in [0.15, 0.2) is 0 Å². The number of hydrogen-bond acceptors (Lipinski definition) is 5. The van der Waals surface area contributed by atoms with Gasteiger partial charge in [-0.2, -0.15) is 0 Å². The van der Waals surface area contributed by atoms with Crippen LogP contribution in [-0.4, -0.2) is 56.0 Å². The molecule has 0 spiro atoms. The van der Waals surface area contributed by atoms with Crippen LogP contribution in [0.4, 0.5) is 4.79 Å². The SMILES string of the molecule is C[C@H](CN1C(=O)N[C@H](CCS(C)(=O)=O)C1=O)Oc1ccccc1Cl. The van der Waals surface area contributed by atoms with Crippen LogP contribution in [0.15, 0.2) is 24.3 Å². The molecule has 1 saturated heterocycles. The van der Waals surface area contributed by atoms with Gasteiger partial charge < -0.3 is 10.1 Å². The number of sulfone groups is 1. The Morgan fingerprint density at radius 3 is 2.62 bits per heavy atom. The van der Waals surface area contributed by atoms with E-state index in [0.29, 0.717) is 10.8 Å². The Morgan fingerprint density at radius 2 is 2.00 bits per heavy atom. The Hall–Kier alpha value is -1.80. The first-order chi connectivity index (χ1) is 11.2. The number of carbonyl (C=O) groups is 2. The monoisotopic (exact) mass is 374 g/mol. The molecule has 1 aromatic carbocycles. The van der Waals surface area contributed by atoms with Crippen LogP contribution in [0.5, 0.6) is 5.75 Å². The van der Waals surface area contributed by atoms with E-state index in [4.69, 9.17) is 16.3 Å². The molecule has 1 aliphatic heterocycles. The Bertz CT molecular complexity index is 737. The van der Waals surface area contributed by atoms with Crippen molar-refractivity contribution in [3.05, 3.63) is 29.3 Å². The number of carbonyl (C=O) groups excluding carboxylic acids is 2. The molecular weight excluding hydrogens is 356 g/mol. The number of para-hydroxylation sites is 1. The maximum absolute atomic E-state index is 12.3. The highest BCUT2D eigenvalue weighted by atomic mass is 35.5. The van der Waals surface area contributed by atoms with Gasteiger partial charge in [0, 0.05) is 6.26 Å². The molecular formula is C15H19ClN2O5S. The normalized spacial score (nSPS) is 19.3. The highest BCUT2D eigenvalue weighted by molar-refractivity contribution is 7.90. The summed E-state index contributed by atoms with van der Waals surface area (Å²) in [6.07, 6.45) is 0.679. The zero-order valence-electron chi connectivity index (χ0n) is 13.4. The molecule has 1 heterocycles. The number of halogens is 1. The molecule has 1 aromatic rings. The van der Waals surface area contributed by atoms with Gasteiger partial charge in [-0.25, -0.2) is 13.2 Å². The van der Waals surface area contributed by atoms with Crippen molar-refractivity contribution < 1.29 is 22.7 Å². The molecule has 0 saturated carbocycles. The summed E-state index contributed by atoms with van der Waals surface area (Å²) in [5, 5.41) is 2.94. The zero-order valence-corrected chi connectivity index (χ0v) is 14.9. The number of imide groups is 1.